The average Bonchev–Trinajstić information content (AvgIpc) is 2.27. The van der Waals surface area contributed by atoms with Gasteiger partial charge in [0, 0.05) is 12.6 Å². The molecule has 0 radical (unpaired) electrons. The summed E-state index contributed by atoms with van der Waals surface area (Å²) in [5.74, 6) is 0.716. The van der Waals surface area contributed by atoms with E-state index in [1.807, 2.05) is 4.90 Å². The number of likely N-dealkylation sites (tertiary alicyclic amines) is 1. The zero-order chi connectivity index (χ0) is 11.4. The van der Waals surface area contributed by atoms with Gasteiger partial charge in [0.05, 0.1) is 6.04 Å². The summed E-state index contributed by atoms with van der Waals surface area (Å²) in [6, 6.07) is 0.0666. The van der Waals surface area contributed by atoms with Crippen molar-refractivity contribution in [1.29, 1.82) is 0 Å². The molecular formula is C12H25ClN2O. The highest BCUT2D eigenvalue weighted by Gasteiger charge is 2.30. The molecule has 1 saturated heterocycles. The van der Waals surface area contributed by atoms with E-state index < -0.39 is 0 Å². The highest BCUT2D eigenvalue weighted by atomic mass is 35.5. The molecule has 96 valence electrons. The van der Waals surface area contributed by atoms with E-state index in [0.29, 0.717) is 12.0 Å². The smallest absolute Gasteiger partial charge is 0.239 e. The van der Waals surface area contributed by atoms with Crippen molar-refractivity contribution in [2.45, 2.75) is 58.5 Å². The minimum atomic E-state index is -0.352. The Morgan fingerprint density at radius 3 is 2.56 bits per heavy atom. The maximum absolute atomic E-state index is 11.9. The molecule has 0 aliphatic carbocycles. The van der Waals surface area contributed by atoms with Gasteiger partial charge in [0.15, 0.2) is 0 Å². The van der Waals surface area contributed by atoms with Crippen LogP contribution in [0.4, 0.5) is 0 Å². The highest BCUT2D eigenvalue weighted by Crippen LogP contribution is 2.25. The number of rotatable bonds is 3. The van der Waals surface area contributed by atoms with E-state index in [0.717, 1.165) is 25.8 Å². The minimum absolute atomic E-state index is 0. The number of halogens is 1. The highest BCUT2D eigenvalue weighted by molar-refractivity contribution is 5.85. The number of amides is 1. The Labute approximate surface area is 105 Å². The molecule has 1 aliphatic heterocycles. The van der Waals surface area contributed by atoms with Gasteiger partial charge in [-0.05, 0) is 32.1 Å². The van der Waals surface area contributed by atoms with Crippen LogP contribution in [0.5, 0.6) is 0 Å². The van der Waals surface area contributed by atoms with Gasteiger partial charge in [0.1, 0.15) is 0 Å². The topological polar surface area (TPSA) is 46.3 Å². The molecule has 16 heavy (non-hydrogen) atoms. The molecule has 4 heteroatoms. The van der Waals surface area contributed by atoms with Gasteiger partial charge < -0.3 is 10.6 Å². The molecule has 1 aliphatic rings. The minimum Gasteiger partial charge on any atom is -0.338 e. The molecule has 3 atom stereocenters. The number of carbonyl (C=O) groups is 1. The first-order chi connectivity index (χ1) is 7.07. The van der Waals surface area contributed by atoms with Gasteiger partial charge in [-0.3, -0.25) is 4.79 Å². The van der Waals surface area contributed by atoms with Crippen molar-refractivity contribution < 1.29 is 4.79 Å². The van der Waals surface area contributed by atoms with Gasteiger partial charge in [-0.25, -0.2) is 0 Å². The Morgan fingerprint density at radius 2 is 2.06 bits per heavy atom. The van der Waals surface area contributed by atoms with Crippen LogP contribution >= 0.6 is 12.4 Å². The molecule has 1 fully saturated rings. The first kappa shape index (κ1) is 15.7. The van der Waals surface area contributed by atoms with Gasteiger partial charge in [0.25, 0.3) is 0 Å². The van der Waals surface area contributed by atoms with E-state index >= 15 is 0 Å². The third kappa shape index (κ3) is 3.63. The van der Waals surface area contributed by atoms with Crippen LogP contribution in [0.2, 0.25) is 0 Å². The van der Waals surface area contributed by atoms with Crippen molar-refractivity contribution >= 4 is 18.3 Å². The lowest BCUT2D eigenvalue weighted by atomic mass is 9.89. The Hall–Kier alpha value is -0.280. The fraction of sp³-hybridized carbons (Fsp3) is 0.917. The molecule has 2 N–H and O–H groups in total. The predicted octanol–water partition coefficient (Wildman–Crippen LogP) is 2.18. The molecule has 0 spiro atoms. The summed E-state index contributed by atoms with van der Waals surface area (Å²) < 4.78 is 0. The molecule has 0 aromatic rings. The summed E-state index contributed by atoms with van der Waals surface area (Å²) in [5, 5.41) is 0. The van der Waals surface area contributed by atoms with Crippen molar-refractivity contribution in [3.63, 3.8) is 0 Å². The summed E-state index contributed by atoms with van der Waals surface area (Å²) >= 11 is 0. The van der Waals surface area contributed by atoms with Crippen molar-refractivity contribution in [3.05, 3.63) is 0 Å². The summed E-state index contributed by atoms with van der Waals surface area (Å²) in [4.78, 5) is 13.9. The van der Waals surface area contributed by atoms with Gasteiger partial charge in [-0.15, -0.1) is 12.4 Å². The Bertz CT molecular complexity index is 221. The van der Waals surface area contributed by atoms with E-state index in [1.165, 1.54) is 6.42 Å². The molecule has 3 nitrogen and oxygen atoms in total. The Kier molecular flexibility index (Phi) is 7.00. The lowest BCUT2D eigenvalue weighted by Crippen LogP contribution is -2.51. The van der Waals surface area contributed by atoms with Crippen LogP contribution in [0.15, 0.2) is 0 Å². The van der Waals surface area contributed by atoms with E-state index in [2.05, 4.69) is 13.8 Å². The zero-order valence-electron chi connectivity index (χ0n) is 10.6. The van der Waals surface area contributed by atoms with E-state index in [-0.39, 0.29) is 24.4 Å². The number of hydrogen-bond acceptors (Lipinski definition) is 2. The van der Waals surface area contributed by atoms with E-state index in [9.17, 15) is 4.79 Å². The van der Waals surface area contributed by atoms with Gasteiger partial charge in [0.2, 0.25) is 5.91 Å². The summed E-state index contributed by atoms with van der Waals surface area (Å²) in [7, 11) is 0. The molecule has 0 aromatic carbocycles. The summed E-state index contributed by atoms with van der Waals surface area (Å²) in [6.07, 6.45) is 4.66. The average molecular weight is 249 g/mol. The molecule has 0 bridgehead atoms. The standard InChI is InChI=1S/C12H24N2O.ClH/c1-4-9(2)11-7-5-6-8-14(11)12(15)10(3)13;/h9-11H,4-8,13H2,1-3H3;1H. The van der Waals surface area contributed by atoms with Gasteiger partial charge in [-0.2, -0.15) is 0 Å². The quantitative estimate of drug-likeness (QED) is 0.832. The van der Waals surface area contributed by atoms with Crippen LogP contribution in [0, 0.1) is 5.92 Å². The summed E-state index contributed by atoms with van der Waals surface area (Å²) in [5.41, 5.74) is 5.68. The Balaban J connectivity index is 0.00000225. The number of nitrogens with zero attached hydrogens (tertiary/aromatic N) is 1. The molecule has 0 saturated carbocycles. The second-order valence-corrected chi connectivity index (χ2v) is 4.77. The monoisotopic (exact) mass is 248 g/mol. The van der Waals surface area contributed by atoms with Crippen LogP contribution in [0.3, 0.4) is 0 Å². The second kappa shape index (κ2) is 7.13. The summed E-state index contributed by atoms with van der Waals surface area (Å²) in [6.45, 7) is 7.10. The van der Waals surface area contributed by atoms with Crippen LogP contribution in [-0.4, -0.2) is 29.4 Å². The first-order valence-corrected chi connectivity index (χ1v) is 6.14. The molecule has 1 heterocycles. The van der Waals surface area contributed by atoms with Crippen molar-refractivity contribution in [1.82, 2.24) is 4.90 Å². The maximum atomic E-state index is 11.9. The van der Waals surface area contributed by atoms with Crippen molar-refractivity contribution in [3.8, 4) is 0 Å². The SMILES string of the molecule is CCC(C)C1CCCCN1C(=O)C(C)N.Cl. The molecule has 1 rings (SSSR count). The predicted molar refractivity (Wildman–Crippen MR) is 69.7 cm³/mol. The Morgan fingerprint density at radius 1 is 1.44 bits per heavy atom. The number of piperidine rings is 1. The third-order valence-corrected chi connectivity index (χ3v) is 3.52. The van der Waals surface area contributed by atoms with Crippen molar-refractivity contribution in [2.75, 3.05) is 6.54 Å². The third-order valence-electron chi connectivity index (χ3n) is 3.52. The first-order valence-electron chi connectivity index (χ1n) is 6.14. The zero-order valence-corrected chi connectivity index (χ0v) is 11.4. The van der Waals surface area contributed by atoms with Crippen LogP contribution in [-0.2, 0) is 4.79 Å². The lowest BCUT2D eigenvalue weighted by molar-refractivity contribution is -0.137. The number of carbonyl (C=O) groups excluding carboxylic acids is 1. The van der Waals surface area contributed by atoms with Crippen LogP contribution in [0.1, 0.15) is 46.5 Å². The fourth-order valence-corrected chi connectivity index (χ4v) is 2.36. The number of nitrogens with two attached hydrogens (primary N) is 1. The fourth-order valence-electron chi connectivity index (χ4n) is 2.36. The second-order valence-electron chi connectivity index (χ2n) is 4.77. The molecular weight excluding hydrogens is 224 g/mol. The lowest BCUT2D eigenvalue weighted by Gasteiger charge is -2.40. The maximum Gasteiger partial charge on any atom is 0.239 e. The molecule has 0 aromatic heterocycles. The van der Waals surface area contributed by atoms with E-state index in [1.54, 1.807) is 6.92 Å². The van der Waals surface area contributed by atoms with Crippen LogP contribution in [0.25, 0.3) is 0 Å². The van der Waals surface area contributed by atoms with Gasteiger partial charge >= 0.3 is 0 Å². The normalized spacial score (nSPS) is 24.5. The van der Waals surface area contributed by atoms with Gasteiger partial charge in [-0.1, -0.05) is 20.3 Å². The molecule has 3 unspecified atom stereocenters. The number of hydrogen-bond donors (Lipinski definition) is 1. The molecule has 1 amide bonds. The largest absolute Gasteiger partial charge is 0.338 e. The van der Waals surface area contributed by atoms with E-state index in [4.69, 9.17) is 5.73 Å². The van der Waals surface area contributed by atoms with Crippen molar-refractivity contribution in [2.24, 2.45) is 11.7 Å². The van der Waals surface area contributed by atoms with Crippen LogP contribution < -0.4 is 5.73 Å².